The smallest absolute Gasteiger partial charge is 0.324 e. The molecule has 3 aromatic rings. The molecule has 1 N–H and O–H groups in total. The highest BCUT2D eigenvalue weighted by atomic mass is 35.5. The molecule has 7 heteroatoms. The maximum atomic E-state index is 13.2. The van der Waals surface area contributed by atoms with Crippen molar-refractivity contribution in [3.8, 4) is 0 Å². The Bertz CT molecular complexity index is 955. The zero-order valence-electron chi connectivity index (χ0n) is 15.1. The first-order valence-electron chi connectivity index (χ1n) is 8.73. The Morgan fingerprint density at radius 1 is 1.15 bits per heavy atom. The van der Waals surface area contributed by atoms with Gasteiger partial charge in [-0.2, -0.15) is 0 Å². The van der Waals surface area contributed by atoms with E-state index in [0.717, 1.165) is 20.5 Å². The van der Waals surface area contributed by atoms with Crippen molar-refractivity contribution in [2.45, 2.75) is 38.5 Å². The SMILES string of the molecule is CCC(C)OP(=O)(O)C(Cc1ccc(Cl)c(Cl)c1)c1cc2ccccc2s1. The highest BCUT2D eigenvalue weighted by Gasteiger charge is 2.36. The molecule has 3 unspecified atom stereocenters. The second-order valence-corrected chi connectivity index (χ2v) is 10.4. The maximum Gasteiger partial charge on any atom is 0.336 e. The fourth-order valence-corrected chi connectivity index (χ4v) is 6.42. The van der Waals surface area contributed by atoms with Crippen LogP contribution in [0.15, 0.2) is 48.5 Å². The van der Waals surface area contributed by atoms with E-state index < -0.39 is 13.3 Å². The number of rotatable bonds is 7. The summed E-state index contributed by atoms with van der Waals surface area (Å²) in [5.74, 6) is 0. The van der Waals surface area contributed by atoms with E-state index in [1.165, 1.54) is 11.3 Å². The minimum atomic E-state index is -3.91. The second-order valence-electron chi connectivity index (χ2n) is 6.54. The predicted octanol–water partition coefficient (Wildman–Crippen LogP) is 7.49. The van der Waals surface area contributed by atoms with Crippen molar-refractivity contribution in [2.75, 3.05) is 0 Å². The summed E-state index contributed by atoms with van der Waals surface area (Å²) in [6.07, 6.45) is 0.705. The lowest BCUT2D eigenvalue weighted by Crippen LogP contribution is -2.11. The quantitative estimate of drug-likeness (QED) is 0.385. The minimum Gasteiger partial charge on any atom is -0.324 e. The Morgan fingerprint density at radius 2 is 1.89 bits per heavy atom. The number of benzene rings is 2. The Balaban J connectivity index is 2.02. The molecular weight excluding hydrogens is 422 g/mol. The molecule has 0 aliphatic heterocycles. The second kappa shape index (κ2) is 8.65. The third-order valence-corrected chi connectivity index (χ3v) is 8.54. The van der Waals surface area contributed by atoms with Crippen molar-refractivity contribution >= 4 is 52.2 Å². The topological polar surface area (TPSA) is 46.5 Å². The van der Waals surface area contributed by atoms with E-state index in [1.807, 2.05) is 50.2 Å². The Labute approximate surface area is 173 Å². The Morgan fingerprint density at radius 3 is 2.56 bits per heavy atom. The van der Waals surface area contributed by atoms with Crippen LogP contribution in [0.2, 0.25) is 10.0 Å². The van der Waals surface area contributed by atoms with E-state index in [2.05, 4.69) is 0 Å². The lowest BCUT2D eigenvalue weighted by Gasteiger charge is -2.24. The molecule has 0 saturated carbocycles. The first-order chi connectivity index (χ1) is 12.8. The monoisotopic (exact) mass is 442 g/mol. The summed E-state index contributed by atoms with van der Waals surface area (Å²) in [5.41, 5.74) is 0.176. The highest BCUT2D eigenvalue weighted by molar-refractivity contribution is 7.53. The van der Waals surface area contributed by atoms with Gasteiger partial charge in [-0.3, -0.25) is 4.57 Å². The Kier molecular flexibility index (Phi) is 6.68. The van der Waals surface area contributed by atoms with Gasteiger partial charge in [0.1, 0.15) is 0 Å². The summed E-state index contributed by atoms with van der Waals surface area (Å²) in [6.45, 7) is 3.74. The van der Waals surface area contributed by atoms with E-state index >= 15 is 0 Å². The molecule has 0 amide bonds. The zero-order chi connectivity index (χ0) is 19.6. The standard InChI is InChI=1S/C20H21Cl2O3PS/c1-3-13(2)25-26(23,24)18(11-14-8-9-16(21)17(22)10-14)20-12-15-6-4-5-7-19(15)27-20/h4-10,12-13,18H,3,11H2,1-2H3,(H,23,24). The van der Waals surface area contributed by atoms with Crippen LogP contribution in [-0.2, 0) is 15.5 Å². The van der Waals surface area contributed by atoms with Crippen LogP contribution < -0.4 is 0 Å². The molecule has 3 nitrogen and oxygen atoms in total. The van der Waals surface area contributed by atoms with Crippen LogP contribution in [0.25, 0.3) is 10.1 Å². The summed E-state index contributed by atoms with van der Waals surface area (Å²) in [6, 6.07) is 15.2. The van der Waals surface area contributed by atoms with E-state index in [0.29, 0.717) is 22.9 Å². The first-order valence-corrected chi connectivity index (χ1v) is 12.0. The van der Waals surface area contributed by atoms with Gasteiger partial charge in [-0.15, -0.1) is 11.3 Å². The largest absolute Gasteiger partial charge is 0.336 e. The van der Waals surface area contributed by atoms with Gasteiger partial charge in [0.05, 0.1) is 21.8 Å². The Hall–Kier alpha value is -0.870. The molecule has 0 aliphatic carbocycles. The molecule has 0 saturated heterocycles. The van der Waals surface area contributed by atoms with Gasteiger partial charge in [0, 0.05) is 9.58 Å². The van der Waals surface area contributed by atoms with Crippen LogP contribution in [0, 0.1) is 0 Å². The van der Waals surface area contributed by atoms with Gasteiger partial charge in [-0.25, -0.2) is 0 Å². The van der Waals surface area contributed by atoms with Crippen molar-refractivity contribution in [2.24, 2.45) is 0 Å². The molecule has 3 atom stereocenters. The number of hydrogen-bond donors (Lipinski definition) is 1. The molecule has 0 bridgehead atoms. The van der Waals surface area contributed by atoms with Crippen molar-refractivity contribution < 1.29 is 14.0 Å². The zero-order valence-corrected chi connectivity index (χ0v) is 18.3. The average molecular weight is 443 g/mol. The molecule has 1 aromatic heterocycles. The van der Waals surface area contributed by atoms with Gasteiger partial charge in [-0.1, -0.05) is 54.4 Å². The molecule has 27 heavy (non-hydrogen) atoms. The third-order valence-electron chi connectivity index (χ3n) is 4.49. The van der Waals surface area contributed by atoms with E-state index in [4.69, 9.17) is 27.7 Å². The summed E-state index contributed by atoms with van der Waals surface area (Å²) in [4.78, 5) is 11.7. The van der Waals surface area contributed by atoms with Gasteiger partial charge in [0.25, 0.3) is 0 Å². The molecule has 144 valence electrons. The maximum absolute atomic E-state index is 13.2. The van der Waals surface area contributed by atoms with Crippen molar-refractivity contribution in [3.05, 3.63) is 69.0 Å². The van der Waals surface area contributed by atoms with Crippen LogP contribution >= 0.6 is 42.1 Å². The fourth-order valence-electron chi connectivity index (χ4n) is 2.84. The van der Waals surface area contributed by atoms with Gasteiger partial charge >= 0.3 is 7.60 Å². The molecule has 0 radical (unpaired) electrons. The van der Waals surface area contributed by atoms with Gasteiger partial charge in [0.15, 0.2) is 0 Å². The van der Waals surface area contributed by atoms with Crippen LogP contribution in [0.4, 0.5) is 0 Å². The third kappa shape index (κ3) is 4.95. The van der Waals surface area contributed by atoms with Crippen molar-refractivity contribution in [1.82, 2.24) is 0 Å². The van der Waals surface area contributed by atoms with Crippen LogP contribution in [0.3, 0.4) is 0 Å². The van der Waals surface area contributed by atoms with Crippen LogP contribution in [0.5, 0.6) is 0 Å². The summed E-state index contributed by atoms with van der Waals surface area (Å²) >= 11 is 13.7. The fraction of sp³-hybridized carbons (Fsp3) is 0.300. The molecule has 0 spiro atoms. The lowest BCUT2D eigenvalue weighted by molar-refractivity contribution is 0.180. The van der Waals surface area contributed by atoms with Gasteiger partial charge in [-0.05, 0) is 55.0 Å². The normalized spacial score (nSPS) is 16.2. The van der Waals surface area contributed by atoms with E-state index in [9.17, 15) is 9.46 Å². The van der Waals surface area contributed by atoms with Gasteiger partial charge < -0.3 is 9.42 Å². The minimum absolute atomic E-state index is 0.300. The first kappa shape index (κ1) is 20.9. The number of thiophene rings is 1. The summed E-state index contributed by atoms with van der Waals surface area (Å²) in [7, 11) is -3.91. The van der Waals surface area contributed by atoms with Crippen molar-refractivity contribution in [3.63, 3.8) is 0 Å². The van der Waals surface area contributed by atoms with Crippen LogP contribution in [-0.4, -0.2) is 11.0 Å². The van der Waals surface area contributed by atoms with Gasteiger partial charge in [0.2, 0.25) is 0 Å². The molecule has 2 aromatic carbocycles. The number of halogens is 2. The molecule has 0 fully saturated rings. The lowest BCUT2D eigenvalue weighted by atomic mass is 10.1. The number of fused-ring (bicyclic) bond motifs is 1. The van der Waals surface area contributed by atoms with E-state index in [-0.39, 0.29) is 6.10 Å². The molecular formula is C20H21Cl2O3PS. The number of hydrogen-bond acceptors (Lipinski definition) is 3. The predicted molar refractivity (Wildman–Crippen MR) is 115 cm³/mol. The molecule has 1 heterocycles. The summed E-state index contributed by atoms with van der Waals surface area (Å²) < 4.78 is 19.9. The van der Waals surface area contributed by atoms with Crippen LogP contribution in [0.1, 0.15) is 36.4 Å². The molecule has 3 rings (SSSR count). The summed E-state index contributed by atoms with van der Waals surface area (Å²) in [5, 5.41) is 1.95. The molecule has 0 aliphatic rings. The van der Waals surface area contributed by atoms with E-state index in [1.54, 1.807) is 12.1 Å². The van der Waals surface area contributed by atoms with Crippen molar-refractivity contribution in [1.29, 1.82) is 0 Å². The average Bonchev–Trinajstić information content (AvgIpc) is 3.05. The highest BCUT2D eigenvalue weighted by Crippen LogP contribution is 2.60.